The molecular formula is C24H29N7O2. The van der Waals surface area contributed by atoms with Crippen molar-refractivity contribution in [3.63, 3.8) is 0 Å². The number of H-pyrrole nitrogens is 1. The molecule has 0 aliphatic carbocycles. The molecule has 4 heterocycles. The highest BCUT2D eigenvalue weighted by Crippen LogP contribution is 2.35. The summed E-state index contributed by atoms with van der Waals surface area (Å²) in [5, 5.41) is 26.3. The number of nitrogens with two attached hydrogens (primary N) is 1. The first-order chi connectivity index (χ1) is 16.1. The van der Waals surface area contributed by atoms with Crippen LogP contribution in [0.5, 0.6) is 5.75 Å². The number of aromatic hydroxyl groups is 1. The van der Waals surface area contributed by atoms with Crippen molar-refractivity contribution in [3.05, 3.63) is 42.7 Å². The van der Waals surface area contributed by atoms with Crippen molar-refractivity contribution in [1.82, 2.24) is 25.3 Å². The number of phenols is 1. The standard InChI is InChI=1S/C24H29N7O2/c25-9-7-24(33)30-11-8-21-17(15-30)2-1-10-31(21)23-6-5-20(28-29-23)19-4-3-16(12-22(19)32)18-13-26-27-14-18/h3-6,12-14,17,21,32H,1-2,7-11,15,25H2,(H,26,27). The Morgan fingerprint density at radius 3 is 2.79 bits per heavy atom. The molecule has 2 aliphatic heterocycles. The Balaban J connectivity index is 1.31. The smallest absolute Gasteiger partial charge is 0.223 e. The minimum Gasteiger partial charge on any atom is -0.507 e. The van der Waals surface area contributed by atoms with Crippen molar-refractivity contribution in [1.29, 1.82) is 0 Å². The number of amides is 1. The molecule has 5 rings (SSSR count). The average molecular weight is 448 g/mol. The number of fused-ring (bicyclic) bond motifs is 1. The number of aromatic amines is 1. The Labute approximate surface area is 192 Å². The number of carbonyl (C=O) groups is 1. The van der Waals surface area contributed by atoms with Crippen LogP contribution in [0.4, 0.5) is 5.82 Å². The van der Waals surface area contributed by atoms with Crippen LogP contribution < -0.4 is 10.6 Å². The van der Waals surface area contributed by atoms with E-state index < -0.39 is 0 Å². The lowest BCUT2D eigenvalue weighted by molar-refractivity contribution is -0.133. The molecule has 3 aromatic rings. The number of hydrogen-bond acceptors (Lipinski definition) is 7. The maximum atomic E-state index is 12.3. The van der Waals surface area contributed by atoms with Gasteiger partial charge in [0.2, 0.25) is 5.91 Å². The second-order valence-electron chi connectivity index (χ2n) is 8.83. The van der Waals surface area contributed by atoms with Gasteiger partial charge in [-0.15, -0.1) is 10.2 Å². The number of nitrogens with one attached hydrogen (secondary N) is 1. The zero-order valence-electron chi connectivity index (χ0n) is 18.5. The predicted octanol–water partition coefficient (Wildman–Crippen LogP) is 2.41. The zero-order valence-corrected chi connectivity index (χ0v) is 18.5. The van der Waals surface area contributed by atoms with Crippen molar-refractivity contribution in [2.24, 2.45) is 11.7 Å². The van der Waals surface area contributed by atoms with E-state index in [0.717, 1.165) is 55.8 Å². The number of aromatic nitrogens is 4. The molecule has 172 valence electrons. The van der Waals surface area contributed by atoms with Crippen molar-refractivity contribution in [3.8, 4) is 28.1 Å². The lowest BCUT2D eigenvalue weighted by Crippen LogP contribution is -2.55. The lowest BCUT2D eigenvalue weighted by Gasteiger charge is -2.47. The molecule has 0 saturated carbocycles. The minimum absolute atomic E-state index is 0.156. The number of hydrogen-bond donors (Lipinski definition) is 3. The first kappa shape index (κ1) is 21.4. The van der Waals surface area contributed by atoms with Crippen LogP contribution in [0.3, 0.4) is 0 Å². The quantitative estimate of drug-likeness (QED) is 0.549. The summed E-state index contributed by atoms with van der Waals surface area (Å²) in [5.74, 6) is 1.61. The molecule has 4 N–H and O–H groups in total. The van der Waals surface area contributed by atoms with Gasteiger partial charge in [-0.25, -0.2) is 0 Å². The highest BCUT2D eigenvalue weighted by atomic mass is 16.3. The van der Waals surface area contributed by atoms with Crippen LogP contribution >= 0.6 is 0 Å². The molecule has 0 spiro atoms. The molecule has 9 heteroatoms. The van der Waals surface area contributed by atoms with Gasteiger partial charge in [-0.05, 0) is 55.0 Å². The summed E-state index contributed by atoms with van der Waals surface area (Å²) in [6.45, 7) is 2.90. The molecule has 2 atom stereocenters. The van der Waals surface area contributed by atoms with E-state index in [1.165, 1.54) is 0 Å². The number of anilines is 1. The molecule has 1 aromatic carbocycles. The second kappa shape index (κ2) is 9.19. The van der Waals surface area contributed by atoms with E-state index in [4.69, 9.17) is 5.73 Å². The van der Waals surface area contributed by atoms with Crippen molar-refractivity contribution < 1.29 is 9.90 Å². The van der Waals surface area contributed by atoms with Crippen molar-refractivity contribution in [2.75, 3.05) is 31.1 Å². The first-order valence-electron chi connectivity index (χ1n) is 11.5. The molecule has 1 amide bonds. The molecule has 0 bridgehead atoms. The Hall–Kier alpha value is -3.46. The third-order valence-electron chi connectivity index (χ3n) is 6.83. The van der Waals surface area contributed by atoms with Crippen LogP contribution in [0.25, 0.3) is 22.4 Å². The molecule has 2 aromatic heterocycles. The number of carbonyl (C=O) groups excluding carboxylic acids is 1. The van der Waals surface area contributed by atoms with E-state index in [0.29, 0.717) is 36.2 Å². The summed E-state index contributed by atoms with van der Waals surface area (Å²) in [7, 11) is 0. The average Bonchev–Trinajstić information content (AvgIpc) is 3.39. The van der Waals surface area contributed by atoms with Gasteiger partial charge < -0.3 is 20.6 Å². The highest BCUT2D eigenvalue weighted by molar-refractivity contribution is 5.76. The summed E-state index contributed by atoms with van der Waals surface area (Å²) in [6, 6.07) is 9.77. The normalized spacial score (nSPS) is 20.5. The number of phenolic OH excluding ortho intramolecular Hbond substituents is 1. The van der Waals surface area contributed by atoms with Gasteiger partial charge in [0.25, 0.3) is 0 Å². The fraction of sp³-hybridized carbons (Fsp3) is 0.417. The summed E-state index contributed by atoms with van der Waals surface area (Å²) < 4.78 is 0. The lowest BCUT2D eigenvalue weighted by atomic mass is 9.83. The van der Waals surface area contributed by atoms with Crippen molar-refractivity contribution in [2.45, 2.75) is 31.7 Å². The van der Waals surface area contributed by atoms with E-state index in [2.05, 4.69) is 25.3 Å². The van der Waals surface area contributed by atoms with E-state index in [1.54, 1.807) is 18.5 Å². The maximum absolute atomic E-state index is 12.3. The summed E-state index contributed by atoms with van der Waals surface area (Å²) >= 11 is 0. The monoisotopic (exact) mass is 447 g/mol. The SMILES string of the molecule is NCCC(=O)N1CCC2C(CCCN2c2ccc(-c3ccc(-c4cn[nH]c4)cc3O)nn2)C1. The molecule has 2 fully saturated rings. The molecular weight excluding hydrogens is 418 g/mol. The van der Waals surface area contributed by atoms with Gasteiger partial charge >= 0.3 is 0 Å². The largest absolute Gasteiger partial charge is 0.507 e. The van der Waals surface area contributed by atoms with Gasteiger partial charge in [0.05, 0.1) is 11.9 Å². The fourth-order valence-electron chi connectivity index (χ4n) is 5.15. The van der Waals surface area contributed by atoms with Gasteiger partial charge in [-0.1, -0.05) is 6.07 Å². The summed E-state index contributed by atoms with van der Waals surface area (Å²) in [4.78, 5) is 16.6. The topological polar surface area (TPSA) is 124 Å². The number of rotatable bonds is 5. The van der Waals surface area contributed by atoms with Crippen LogP contribution in [-0.2, 0) is 4.79 Å². The van der Waals surface area contributed by atoms with E-state index in [-0.39, 0.29) is 11.7 Å². The summed E-state index contributed by atoms with van der Waals surface area (Å²) in [6.07, 6.45) is 7.04. The van der Waals surface area contributed by atoms with Gasteiger partial charge in [-0.3, -0.25) is 9.89 Å². The number of piperidine rings is 2. The Morgan fingerprint density at radius 1 is 1.15 bits per heavy atom. The Bertz CT molecular complexity index is 1100. The molecule has 2 saturated heterocycles. The van der Waals surface area contributed by atoms with Crippen molar-refractivity contribution >= 4 is 11.7 Å². The van der Waals surface area contributed by atoms with Gasteiger partial charge in [-0.2, -0.15) is 5.10 Å². The van der Waals surface area contributed by atoms with E-state index in [9.17, 15) is 9.90 Å². The van der Waals surface area contributed by atoms with Crippen LogP contribution in [0.2, 0.25) is 0 Å². The van der Waals surface area contributed by atoms with Gasteiger partial charge in [0, 0.05) is 56.0 Å². The van der Waals surface area contributed by atoms with Crippen LogP contribution in [-0.4, -0.2) is 68.5 Å². The summed E-state index contributed by atoms with van der Waals surface area (Å²) in [5.41, 5.74) is 8.63. The highest BCUT2D eigenvalue weighted by Gasteiger charge is 2.37. The predicted molar refractivity (Wildman–Crippen MR) is 125 cm³/mol. The zero-order chi connectivity index (χ0) is 22.8. The Morgan fingerprint density at radius 2 is 2.06 bits per heavy atom. The third-order valence-corrected chi connectivity index (χ3v) is 6.83. The number of nitrogens with zero attached hydrogens (tertiary/aromatic N) is 5. The van der Waals surface area contributed by atoms with Gasteiger partial charge in [0.15, 0.2) is 5.82 Å². The maximum Gasteiger partial charge on any atom is 0.223 e. The van der Waals surface area contributed by atoms with Crippen LogP contribution in [0, 0.1) is 5.92 Å². The molecule has 33 heavy (non-hydrogen) atoms. The molecule has 0 radical (unpaired) electrons. The third kappa shape index (κ3) is 4.28. The minimum atomic E-state index is 0.156. The van der Waals surface area contributed by atoms with Gasteiger partial charge in [0.1, 0.15) is 5.75 Å². The van der Waals surface area contributed by atoms with E-state index >= 15 is 0 Å². The Kier molecular flexibility index (Phi) is 5.95. The van der Waals surface area contributed by atoms with Crippen LogP contribution in [0.1, 0.15) is 25.7 Å². The number of benzene rings is 1. The molecule has 2 unspecified atom stereocenters. The molecule has 2 aliphatic rings. The second-order valence-corrected chi connectivity index (χ2v) is 8.83. The number of likely N-dealkylation sites (tertiary alicyclic amines) is 1. The molecule has 9 nitrogen and oxygen atoms in total. The first-order valence-corrected chi connectivity index (χ1v) is 11.5. The van der Waals surface area contributed by atoms with E-state index in [1.807, 2.05) is 29.2 Å². The fourth-order valence-corrected chi connectivity index (χ4v) is 5.15. The van der Waals surface area contributed by atoms with Crippen LogP contribution in [0.15, 0.2) is 42.7 Å².